The third kappa shape index (κ3) is 4.13. The number of rotatable bonds is 5. The van der Waals surface area contributed by atoms with Crippen LogP contribution in [0.1, 0.15) is 36.5 Å². The first-order chi connectivity index (χ1) is 9.45. The summed E-state index contributed by atoms with van der Waals surface area (Å²) in [6, 6.07) is 3.92. The summed E-state index contributed by atoms with van der Waals surface area (Å²) in [6.45, 7) is 1.94. The average Bonchev–Trinajstić information content (AvgIpc) is 3.11. The van der Waals surface area contributed by atoms with E-state index in [4.69, 9.17) is 16.7 Å². The molecule has 1 aromatic carbocycles. The predicted molar refractivity (Wildman–Crippen MR) is 77.4 cm³/mol. The van der Waals surface area contributed by atoms with Crippen LogP contribution < -0.4 is 10.6 Å². The molecule has 3 N–H and O–H groups in total. The number of urea groups is 1. The van der Waals surface area contributed by atoms with Crippen LogP contribution in [0.3, 0.4) is 0 Å². The van der Waals surface area contributed by atoms with Gasteiger partial charge in [-0.05, 0) is 37.5 Å². The summed E-state index contributed by atoms with van der Waals surface area (Å²) >= 11 is 5.82. The van der Waals surface area contributed by atoms with Crippen molar-refractivity contribution < 1.29 is 14.7 Å². The Labute approximate surface area is 122 Å². The van der Waals surface area contributed by atoms with Gasteiger partial charge in [0, 0.05) is 11.1 Å². The first-order valence-corrected chi connectivity index (χ1v) is 6.94. The second-order valence-corrected chi connectivity index (χ2v) is 5.61. The topological polar surface area (TPSA) is 78.4 Å². The number of benzene rings is 1. The lowest BCUT2D eigenvalue weighted by molar-refractivity contribution is 0.0698. The third-order valence-corrected chi connectivity index (χ3v) is 3.46. The van der Waals surface area contributed by atoms with Gasteiger partial charge in [0.05, 0.1) is 11.3 Å². The second kappa shape index (κ2) is 6.13. The summed E-state index contributed by atoms with van der Waals surface area (Å²) in [4.78, 5) is 22.9. The molecule has 2 amide bonds. The number of carbonyl (C=O) groups excluding carboxylic acids is 1. The van der Waals surface area contributed by atoms with Crippen molar-refractivity contribution >= 4 is 29.3 Å². The van der Waals surface area contributed by atoms with Gasteiger partial charge in [-0.15, -0.1) is 0 Å². The Balaban J connectivity index is 1.98. The van der Waals surface area contributed by atoms with Crippen LogP contribution in [0, 0.1) is 5.92 Å². The Kier molecular flexibility index (Phi) is 4.49. The molecule has 108 valence electrons. The zero-order valence-electron chi connectivity index (χ0n) is 11.1. The number of halogens is 1. The quantitative estimate of drug-likeness (QED) is 0.779. The van der Waals surface area contributed by atoms with Crippen LogP contribution in [0.5, 0.6) is 0 Å². The summed E-state index contributed by atoms with van der Waals surface area (Å²) < 4.78 is 0. The molecule has 1 unspecified atom stereocenters. The minimum atomic E-state index is -1.11. The van der Waals surface area contributed by atoms with Crippen LogP contribution in [0.15, 0.2) is 18.2 Å². The molecule has 0 radical (unpaired) electrons. The molecule has 1 aliphatic carbocycles. The van der Waals surface area contributed by atoms with Crippen molar-refractivity contribution in [3.8, 4) is 0 Å². The number of amides is 2. The summed E-state index contributed by atoms with van der Waals surface area (Å²) in [7, 11) is 0. The van der Waals surface area contributed by atoms with Crippen molar-refractivity contribution in [1.29, 1.82) is 0 Å². The molecule has 0 bridgehead atoms. The third-order valence-electron chi connectivity index (χ3n) is 3.22. The van der Waals surface area contributed by atoms with Gasteiger partial charge in [0.25, 0.3) is 0 Å². The van der Waals surface area contributed by atoms with Crippen LogP contribution >= 0.6 is 11.6 Å². The van der Waals surface area contributed by atoms with Crippen molar-refractivity contribution in [3.63, 3.8) is 0 Å². The highest BCUT2D eigenvalue weighted by molar-refractivity contribution is 6.31. The van der Waals surface area contributed by atoms with E-state index < -0.39 is 12.0 Å². The highest BCUT2D eigenvalue weighted by Crippen LogP contribution is 2.33. The normalized spacial score (nSPS) is 15.5. The Bertz CT molecular complexity index is 529. The molecule has 1 fully saturated rings. The Morgan fingerprint density at radius 1 is 1.45 bits per heavy atom. The van der Waals surface area contributed by atoms with Gasteiger partial charge in [-0.25, -0.2) is 9.59 Å². The molecule has 5 nitrogen and oxygen atoms in total. The highest BCUT2D eigenvalue weighted by atomic mass is 35.5. The summed E-state index contributed by atoms with van der Waals surface area (Å²) in [6.07, 6.45) is 3.41. The SMILES string of the molecule is CC(CC1CC1)NC(=O)Nc1cc(Cl)ccc1C(=O)O. The molecular weight excluding hydrogens is 280 g/mol. The number of aromatic carboxylic acids is 1. The monoisotopic (exact) mass is 296 g/mol. The van der Waals surface area contributed by atoms with Gasteiger partial charge in [0.15, 0.2) is 0 Å². The fourth-order valence-corrected chi connectivity index (χ4v) is 2.27. The van der Waals surface area contributed by atoms with Crippen LogP contribution in [0.2, 0.25) is 5.02 Å². The number of carboxylic acid groups (broad SMARTS) is 1. The molecule has 0 aliphatic heterocycles. The molecular formula is C14H17ClN2O3. The van der Waals surface area contributed by atoms with Crippen molar-refractivity contribution in [2.24, 2.45) is 5.92 Å². The van der Waals surface area contributed by atoms with Crippen molar-refractivity contribution in [2.75, 3.05) is 5.32 Å². The van der Waals surface area contributed by atoms with E-state index in [1.807, 2.05) is 6.92 Å². The minimum Gasteiger partial charge on any atom is -0.478 e. The van der Waals surface area contributed by atoms with E-state index in [9.17, 15) is 9.59 Å². The zero-order valence-corrected chi connectivity index (χ0v) is 11.9. The van der Waals surface area contributed by atoms with E-state index in [0.29, 0.717) is 10.9 Å². The van der Waals surface area contributed by atoms with Crippen LogP contribution in [-0.4, -0.2) is 23.1 Å². The van der Waals surface area contributed by atoms with Gasteiger partial charge in [0.1, 0.15) is 0 Å². The molecule has 6 heteroatoms. The maximum absolute atomic E-state index is 11.9. The lowest BCUT2D eigenvalue weighted by atomic mass is 10.1. The molecule has 2 rings (SSSR count). The first kappa shape index (κ1) is 14.7. The average molecular weight is 297 g/mol. The largest absolute Gasteiger partial charge is 0.478 e. The molecule has 1 aliphatic rings. The smallest absolute Gasteiger partial charge is 0.337 e. The number of anilines is 1. The van der Waals surface area contributed by atoms with Gasteiger partial charge in [-0.2, -0.15) is 0 Å². The maximum atomic E-state index is 11.9. The minimum absolute atomic E-state index is 0.0133. The fraction of sp³-hybridized carbons (Fsp3) is 0.429. The lowest BCUT2D eigenvalue weighted by Gasteiger charge is -2.15. The fourth-order valence-electron chi connectivity index (χ4n) is 2.10. The molecule has 20 heavy (non-hydrogen) atoms. The van der Waals surface area contributed by atoms with Crippen molar-refractivity contribution in [2.45, 2.75) is 32.2 Å². The van der Waals surface area contributed by atoms with E-state index in [2.05, 4.69) is 10.6 Å². The summed E-state index contributed by atoms with van der Waals surface area (Å²) in [5.41, 5.74) is 0.209. The van der Waals surface area contributed by atoms with Crippen LogP contribution in [-0.2, 0) is 0 Å². The number of carbonyl (C=O) groups is 2. The zero-order chi connectivity index (χ0) is 14.7. The number of carboxylic acids is 1. The van der Waals surface area contributed by atoms with Gasteiger partial charge >= 0.3 is 12.0 Å². The Hall–Kier alpha value is -1.75. The van der Waals surface area contributed by atoms with Crippen molar-refractivity contribution in [1.82, 2.24) is 5.32 Å². The lowest BCUT2D eigenvalue weighted by Crippen LogP contribution is -2.36. The van der Waals surface area contributed by atoms with Gasteiger partial charge < -0.3 is 15.7 Å². The molecule has 1 aromatic rings. The Morgan fingerprint density at radius 2 is 2.15 bits per heavy atom. The molecule has 0 saturated heterocycles. The number of hydrogen-bond acceptors (Lipinski definition) is 2. The molecule has 0 spiro atoms. The van der Waals surface area contributed by atoms with Crippen LogP contribution in [0.25, 0.3) is 0 Å². The summed E-state index contributed by atoms with van der Waals surface area (Å²) in [5.74, 6) is -0.394. The predicted octanol–water partition coefficient (Wildman–Crippen LogP) is 3.35. The number of nitrogens with one attached hydrogen (secondary N) is 2. The molecule has 1 saturated carbocycles. The molecule has 1 atom stereocenters. The molecule has 0 heterocycles. The number of hydrogen-bond donors (Lipinski definition) is 3. The van der Waals surface area contributed by atoms with Gasteiger partial charge in [0.2, 0.25) is 0 Å². The van der Waals surface area contributed by atoms with E-state index >= 15 is 0 Å². The standard InChI is InChI=1S/C14H17ClN2O3/c1-8(6-9-2-3-9)16-14(20)17-12-7-10(15)4-5-11(12)13(18)19/h4-5,7-9H,2-3,6H2,1H3,(H,18,19)(H2,16,17,20). The van der Waals surface area contributed by atoms with Gasteiger partial charge in [-0.3, -0.25) is 0 Å². The maximum Gasteiger partial charge on any atom is 0.337 e. The molecule has 0 aromatic heterocycles. The highest BCUT2D eigenvalue weighted by Gasteiger charge is 2.24. The van der Waals surface area contributed by atoms with Crippen LogP contribution in [0.4, 0.5) is 10.5 Å². The second-order valence-electron chi connectivity index (χ2n) is 5.17. The summed E-state index contributed by atoms with van der Waals surface area (Å²) in [5, 5.41) is 14.8. The van der Waals surface area contributed by atoms with Gasteiger partial charge in [-0.1, -0.05) is 24.4 Å². The Morgan fingerprint density at radius 3 is 2.75 bits per heavy atom. The van der Waals surface area contributed by atoms with Crippen molar-refractivity contribution in [3.05, 3.63) is 28.8 Å². The van der Waals surface area contributed by atoms with E-state index in [-0.39, 0.29) is 17.3 Å². The van der Waals surface area contributed by atoms with E-state index in [0.717, 1.165) is 6.42 Å². The van der Waals surface area contributed by atoms with E-state index in [1.165, 1.54) is 31.0 Å². The van der Waals surface area contributed by atoms with E-state index in [1.54, 1.807) is 0 Å². The first-order valence-electron chi connectivity index (χ1n) is 6.56.